The minimum Gasteiger partial charge on any atom is -0.461 e. The Hall–Kier alpha value is -2.54. The van der Waals surface area contributed by atoms with E-state index >= 15 is 0 Å². The molecule has 3 aromatic rings. The topological polar surface area (TPSA) is 73.0 Å². The maximum Gasteiger partial charge on any atom is 0.234 e. The molecule has 1 amide bonds. The number of nitrogens with zero attached hydrogens (tertiary/aromatic N) is 3. The van der Waals surface area contributed by atoms with Gasteiger partial charge in [0.25, 0.3) is 0 Å². The number of furan rings is 1. The first-order chi connectivity index (χ1) is 12.2. The second-order valence-corrected chi connectivity index (χ2v) is 6.36. The molecule has 130 valence electrons. The van der Waals surface area contributed by atoms with Crippen molar-refractivity contribution in [3.8, 4) is 11.6 Å². The minimum atomic E-state index is -0.0700. The van der Waals surface area contributed by atoms with Crippen molar-refractivity contribution in [2.75, 3.05) is 11.1 Å². The fourth-order valence-corrected chi connectivity index (χ4v) is 3.22. The van der Waals surface area contributed by atoms with E-state index in [0.717, 1.165) is 12.1 Å². The molecule has 0 saturated carbocycles. The number of amides is 1. The van der Waals surface area contributed by atoms with E-state index in [0.29, 0.717) is 23.3 Å². The molecule has 25 heavy (non-hydrogen) atoms. The number of hydrogen-bond donors (Lipinski definition) is 1. The summed E-state index contributed by atoms with van der Waals surface area (Å²) in [6.07, 6.45) is 2.59. The van der Waals surface area contributed by atoms with Crippen LogP contribution in [-0.2, 0) is 17.8 Å². The molecule has 1 N–H and O–H groups in total. The SMILES string of the molecule is CCc1ccc(NC(=O)CSc2nnc(-c3ccco3)n2CC)cc1. The number of hydrogen-bond acceptors (Lipinski definition) is 5. The third-order valence-corrected chi connectivity index (χ3v) is 4.72. The number of carbonyl (C=O) groups is 1. The number of aryl methyl sites for hydroxylation is 1. The van der Waals surface area contributed by atoms with Crippen molar-refractivity contribution in [3.05, 3.63) is 48.2 Å². The van der Waals surface area contributed by atoms with Crippen molar-refractivity contribution in [2.24, 2.45) is 0 Å². The summed E-state index contributed by atoms with van der Waals surface area (Å²) in [5.74, 6) is 1.54. The molecule has 7 heteroatoms. The summed E-state index contributed by atoms with van der Waals surface area (Å²) in [5, 5.41) is 12.0. The second kappa shape index (κ2) is 8.02. The highest BCUT2D eigenvalue weighted by molar-refractivity contribution is 7.99. The Morgan fingerprint density at radius 3 is 2.64 bits per heavy atom. The number of carbonyl (C=O) groups excluding carboxylic acids is 1. The third-order valence-electron chi connectivity index (χ3n) is 3.75. The van der Waals surface area contributed by atoms with Gasteiger partial charge in [0.05, 0.1) is 12.0 Å². The molecule has 0 atom stereocenters. The highest BCUT2D eigenvalue weighted by atomic mass is 32.2. The molecular formula is C18H20N4O2S. The van der Waals surface area contributed by atoms with E-state index in [4.69, 9.17) is 4.42 Å². The Morgan fingerprint density at radius 2 is 2.00 bits per heavy atom. The minimum absolute atomic E-state index is 0.0700. The molecule has 2 heterocycles. The van der Waals surface area contributed by atoms with Crippen LogP contribution in [0, 0.1) is 0 Å². The van der Waals surface area contributed by atoms with Crippen LogP contribution < -0.4 is 5.32 Å². The van der Waals surface area contributed by atoms with Crippen molar-refractivity contribution in [1.82, 2.24) is 14.8 Å². The van der Waals surface area contributed by atoms with E-state index in [-0.39, 0.29) is 11.7 Å². The van der Waals surface area contributed by atoms with Gasteiger partial charge < -0.3 is 9.73 Å². The zero-order valence-corrected chi connectivity index (χ0v) is 15.0. The van der Waals surface area contributed by atoms with Crippen molar-refractivity contribution in [2.45, 2.75) is 32.0 Å². The Labute approximate surface area is 150 Å². The lowest BCUT2D eigenvalue weighted by Crippen LogP contribution is -2.14. The fourth-order valence-electron chi connectivity index (χ4n) is 2.42. The van der Waals surface area contributed by atoms with Crippen LogP contribution in [-0.4, -0.2) is 26.4 Å². The van der Waals surface area contributed by atoms with E-state index in [1.165, 1.54) is 17.3 Å². The van der Waals surface area contributed by atoms with Gasteiger partial charge in [-0.25, -0.2) is 0 Å². The molecule has 2 aromatic heterocycles. The summed E-state index contributed by atoms with van der Waals surface area (Å²) in [6.45, 7) is 4.81. The molecule has 0 unspecified atom stereocenters. The van der Waals surface area contributed by atoms with Crippen LogP contribution in [0.2, 0.25) is 0 Å². The number of thioether (sulfide) groups is 1. The summed E-state index contributed by atoms with van der Waals surface area (Å²) in [7, 11) is 0. The lowest BCUT2D eigenvalue weighted by atomic mass is 10.1. The lowest BCUT2D eigenvalue weighted by Gasteiger charge is -2.07. The molecule has 6 nitrogen and oxygen atoms in total. The average molecular weight is 356 g/mol. The molecule has 0 aliphatic rings. The molecule has 3 rings (SSSR count). The van der Waals surface area contributed by atoms with Crippen molar-refractivity contribution in [1.29, 1.82) is 0 Å². The van der Waals surface area contributed by atoms with Gasteiger partial charge in [0.1, 0.15) is 0 Å². The summed E-state index contributed by atoms with van der Waals surface area (Å²) < 4.78 is 7.32. The number of nitrogens with one attached hydrogen (secondary N) is 1. The largest absolute Gasteiger partial charge is 0.461 e. The fraction of sp³-hybridized carbons (Fsp3) is 0.278. The van der Waals surface area contributed by atoms with E-state index < -0.39 is 0 Å². The Balaban J connectivity index is 1.62. The number of rotatable bonds is 7. The highest BCUT2D eigenvalue weighted by Crippen LogP contribution is 2.24. The zero-order valence-electron chi connectivity index (χ0n) is 14.2. The van der Waals surface area contributed by atoms with Gasteiger partial charge in [-0.1, -0.05) is 30.8 Å². The molecule has 0 radical (unpaired) electrons. The third kappa shape index (κ3) is 4.11. The van der Waals surface area contributed by atoms with Gasteiger partial charge in [0.2, 0.25) is 5.91 Å². The van der Waals surface area contributed by atoms with Gasteiger partial charge in [-0.2, -0.15) is 0 Å². The van der Waals surface area contributed by atoms with Crippen LogP contribution in [0.5, 0.6) is 0 Å². The molecule has 0 aliphatic heterocycles. The first-order valence-electron chi connectivity index (χ1n) is 8.20. The van der Waals surface area contributed by atoms with Crippen LogP contribution in [0.15, 0.2) is 52.2 Å². The predicted molar refractivity (Wildman–Crippen MR) is 98.6 cm³/mol. The number of anilines is 1. The molecule has 0 spiro atoms. The lowest BCUT2D eigenvalue weighted by molar-refractivity contribution is -0.113. The van der Waals surface area contributed by atoms with Crippen LogP contribution in [0.25, 0.3) is 11.6 Å². The van der Waals surface area contributed by atoms with Crippen LogP contribution in [0.1, 0.15) is 19.4 Å². The highest BCUT2D eigenvalue weighted by Gasteiger charge is 2.16. The monoisotopic (exact) mass is 356 g/mol. The molecule has 0 saturated heterocycles. The standard InChI is InChI=1S/C18H20N4O2S/c1-3-13-7-9-14(10-8-13)19-16(23)12-25-18-21-20-17(22(18)4-2)15-6-5-11-24-15/h5-11H,3-4,12H2,1-2H3,(H,19,23). The van der Waals surface area contributed by atoms with Crippen molar-refractivity contribution in [3.63, 3.8) is 0 Å². The van der Waals surface area contributed by atoms with Gasteiger partial charge >= 0.3 is 0 Å². The maximum absolute atomic E-state index is 12.2. The molecule has 0 fully saturated rings. The van der Waals surface area contributed by atoms with E-state index in [1.807, 2.05) is 47.9 Å². The zero-order chi connectivity index (χ0) is 17.6. The summed E-state index contributed by atoms with van der Waals surface area (Å²) in [6, 6.07) is 11.5. The van der Waals surface area contributed by atoms with Crippen LogP contribution in [0.4, 0.5) is 5.69 Å². The van der Waals surface area contributed by atoms with Crippen LogP contribution in [0.3, 0.4) is 0 Å². The first-order valence-corrected chi connectivity index (χ1v) is 9.18. The second-order valence-electron chi connectivity index (χ2n) is 5.42. The maximum atomic E-state index is 12.2. The Bertz CT molecular complexity index is 825. The van der Waals surface area contributed by atoms with E-state index in [1.54, 1.807) is 6.26 Å². The Morgan fingerprint density at radius 1 is 1.20 bits per heavy atom. The normalized spacial score (nSPS) is 10.8. The van der Waals surface area contributed by atoms with Gasteiger partial charge in [-0.05, 0) is 43.2 Å². The molecule has 0 bridgehead atoms. The number of benzene rings is 1. The van der Waals surface area contributed by atoms with E-state index in [9.17, 15) is 4.79 Å². The van der Waals surface area contributed by atoms with Gasteiger partial charge in [-0.15, -0.1) is 10.2 Å². The quantitative estimate of drug-likeness (QED) is 0.651. The van der Waals surface area contributed by atoms with Gasteiger partial charge in [0, 0.05) is 12.2 Å². The van der Waals surface area contributed by atoms with Gasteiger partial charge in [-0.3, -0.25) is 9.36 Å². The van der Waals surface area contributed by atoms with Gasteiger partial charge in [0.15, 0.2) is 16.7 Å². The van der Waals surface area contributed by atoms with Crippen LogP contribution >= 0.6 is 11.8 Å². The molecule has 0 aliphatic carbocycles. The summed E-state index contributed by atoms with van der Waals surface area (Å²) >= 11 is 1.36. The average Bonchev–Trinajstić information content (AvgIpc) is 3.29. The smallest absolute Gasteiger partial charge is 0.234 e. The molecular weight excluding hydrogens is 336 g/mol. The van der Waals surface area contributed by atoms with Crippen molar-refractivity contribution >= 4 is 23.4 Å². The van der Waals surface area contributed by atoms with Crippen molar-refractivity contribution < 1.29 is 9.21 Å². The summed E-state index contributed by atoms with van der Waals surface area (Å²) in [4.78, 5) is 12.2. The molecule has 1 aromatic carbocycles. The first kappa shape index (κ1) is 17.3. The van der Waals surface area contributed by atoms with E-state index in [2.05, 4.69) is 22.4 Å². The Kier molecular flexibility index (Phi) is 5.55. The summed E-state index contributed by atoms with van der Waals surface area (Å²) in [5.41, 5.74) is 2.05. The predicted octanol–water partition coefficient (Wildman–Crippen LogP) is 3.85. The number of aromatic nitrogens is 3.